The van der Waals surface area contributed by atoms with Gasteiger partial charge < -0.3 is 0 Å². The van der Waals surface area contributed by atoms with Crippen LogP contribution in [0.3, 0.4) is 0 Å². The van der Waals surface area contributed by atoms with Gasteiger partial charge in [-0.1, -0.05) is 18.2 Å². The third-order valence-electron chi connectivity index (χ3n) is 2.73. The first-order valence-electron chi connectivity index (χ1n) is 5.37. The van der Waals surface area contributed by atoms with Crippen LogP contribution in [-0.2, 0) is 6.42 Å². The minimum Gasteiger partial charge on any atom is -0.265 e. The van der Waals surface area contributed by atoms with E-state index in [1.807, 2.05) is 24.5 Å². The smallest absolute Gasteiger partial charge is 0.0273 e. The van der Waals surface area contributed by atoms with E-state index in [-0.39, 0.29) is 0 Å². The molecule has 2 aromatic rings. The first-order chi connectivity index (χ1) is 7.81. The minimum absolute atomic E-state index is 0.667. The topological polar surface area (TPSA) is 12.9 Å². The highest BCUT2D eigenvalue weighted by molar-refractivity contribution is 6.18. The van der Waals surface area contributed by atoms with Crippen molar-refractivity contribution >= 4 is 11.6 Å². The fraction of sp³-hybridized carbons (Fsp3) is 0.214. The summed E-state index contributed by atoms with van der Waals surface area (Å²) < 4.78 is 0. The first kappa shape index (κ1) is 11.2. The fourth-order valence-corrected chi connectivity index (χ4v) is 1.97. The van der Waals surface area contributed by atoms with Crippen molar-refractivity contribution in [1.82, 2.24) is 4.98 Å². The van der Waals surface area contributed by atoms with E-state index in [4.69, 9.17) is 11.6 Å². The Hall–Kier alpha value is -1.34. The molecule has 82 valence electrons. The first-order valence-corrected chi connectivity index (χ1v) is 5.90. The van der Waals surface area contributed by atoms with Gasteiger partial charge in [-0.05, 0) is 47.7 Å². The number of hydrogen-bond acceptors (Lipinski definition) is 1. The number of aryl methyl sites for hydroxylation is 2. The van der Waals surface area contributed by atoms with Gasteiger partial charge in [0.05, 0.1) is 0 Å². The van der Waals surface area contributed by atoms with Gasteiger partial charge in [-0.25, -0.2) is 0 Å². The van der Waals surface area contributed by atoms with Gasteiger partial charge in [-0.3, -0.25) is 4.98 Å². The Morgan fingerprint density at radius 3 is 2.50 bits per heavy atom. The molecule has 16 heavy (non-hydrogen) atoms. The van der Waals surface area contributed by atoms with E-state index in [0.29, 0.717) is 5.88 Å². The van der Waals surface area contributed by atoms with Crippen LogP contribution in [0, 0.1) is 6.92 Å². The molecule has 0 amide bonds. The monoisotopic (exact) mass is 231 g/mol. The van der Waals surface area contributed by atoms with Crippen LogP contribution in [0.4, 0.5) is 0 Å². The standard InChI is InChI=1S/C14H14ClN/c1-11-2-3-14(10-13(11)4-7-15)12-5-8-16-9-6-12/h2-3,5-6,8-10H,4,7H2,1H3. The van der Waals surface area contributed by atoms with Crippen molar-refractivity contribution in [2.45, 2.75) is 13.3 Å². The van der Waals surface area contributed by atoms with Crippen molar-refractivity contribution in [1.29, 1.82) is 0 Å². The van der Waals surface area contributed by atoms with Gasteiger partial charge in [0, 0.05) is 18.3 Å². The lowest BCUT2D eigenvalue weighted by molar-refractivity contribution is 1.12. The zero-order valence-electron chi connectivity index (χ0n) is 9.28. The summed E-state index contributed by atoms with van der Waals surface area (Å²) in [5, 5.41) is 0. The molecule has 0 fully saturated rings. The van der Waals surface area contributed by atoms with Crippen LogP contribution in [0.25, 0.3) is 11.1 Å². The van der Waals surface area contributed by atoms with Crippen LogP contribution in [0.15, 0.2) is 42.7 Å². The molecule has 0 saturated carbocycles. The molecule has 0 bridgehead atoms. The maximum Gasteiger partial charge on any atom is 0.0273 e. The molecule has 1 nitrogen and oxygen atoms in total. The zero-order valence-corrected chi connectivity index (χ0v) is 10.0. The average molecular weight is 232 g/mol. The van der Waals surface area contributed by atoms with Gasteiger partial charge in [-0.15, -0.1) is 11.6 Å². The van der Waals surface area contributed by atoms with Crippen molar-refractivity contribution in [3.8, 4) is 11.1 Å². The lowest BCUT2D eigenvalue weighted by Crippen LogP contribution is -1.91. The molecular formula is C14H14ClN. The molecule has 0 saturated heterocycles. The van der Waals surface area contributed by atoms with Gasteiger partial charge in [0.2, 0.25) is 0 Å². The molecule has 0 aliphatic heterocycles. The van der Waals surface area contributed by atoms with Crippen LogP contribution in [0.1, 0.15) is 11.1 Å². The Bertz CT molecular complexity index is 465. The van der Waals surface area contributed by atoms with Gasteiger partial charge in [0.1, 0.15) is 0 Å². The highest BCUT2D eigenvalue weighted by atomic mass is 35.5. The molecule has 2 heteroatoms. The third kappa shape index (κ3) is 2.42. The maximum absolute atomic E-state index is 5.80. The molecule has 2 rings (SSSR count). The van der Waals surface area contributed by atoms with Crippen molar-refractivity contribution in [2.75, 3.05) is 5.88 Å². The number of rotatable bonds is 3. The van der Waals surface area contributed by atoms with Crippen LogP contribution >= 0.6 is 11.6 Å². The molecule has 0 aliphatic carbocycles. The highest BCUT2D eigenvalue weighted by Gasteiger charge is 2.01. The summed E-state index contributed by atoms with van der Waals surface area (Å²) in [6, 6.07) is 10.6. The Morgan fingerprint density at radius 2 is 1.81 bits per heavy atom. The second-order valence-electron chi connectivity index (χ2n) is 3.82. The Labute approximate surface area is 101 Å². The summed E-state index contributed by atoms with van der Waals surface area (Å²) in [5.41, 5.74) is 5.06. The van der Waals surface area contributed by atoms with Crippen molar-refractivity contribution in [3.05, 3.63) is 53.9 Å². The predicted molar refractivity (Wildman–Crippen MR) is 68.8 cm³/mol. The average Bonchev–Trinajstić information content (AvgIpc) is 2.33. The van der Waals surface area contributed by atoms with E-state index >= 15 is 0 Å². The zero-order chi connectivity index (χ0) is 11.4. The molecule has 0 aliphatic rings. The summed E-state index contributed by atoms with van der Waals surface area (Å²) in [7, 11) is 0. The number of hydrogen-bond donors (Lipinski definition) is 0. The summed E-state index contributed by atoms with van der Waals surface area (Å²) in [6.45, 7) is 2.12. The molecule has 0 radical (unpaired) electrons. The van der Waals surface area contributed by atoms with E-state index in [0.717, 1.165) is 6.42 Å². The lowest BCUT2D eigenvalue weighted by atomic mass is 9.99. The predicted octanol–water partition coefficient (Wildman–Crippen LogP) is 3.84. The SMILES string of the molecule is Cc1ccc(-c2ccncc2)cc1CCCl. The molecule has 1 aromatic heterocycles. The van der Waals surface area contributed by atoms with Gasteiger partial charge in [0.25, 0.3) is 0 Å². The number of benzene rings is 1. The highest BCUT2D eigenvalue weighted by Crippen LogP contribution is 2.22. The number of aromatic nitrogens is 1. The van der Waals surface area contributed by atoms with Crippen LogP contribution in [0.2, 0.25) is 0 Å². The number of alkyl halides is 1. The summed E-state index contributed by atoms with van der Waals surface area (Å²) in [6.07, 6.45) is 4.55. The maximum atomic E-state index is 5.80. The third-order valence-corrected chi connectivity index (χ3v) is 2.92. The second-order valence-corrected chi connectivity index (χ2v) is 4.19. The molecule has 1 aromatic carbocycles. The Morgan fingerprint density at radius 1 is 1.06 bits per heavy atom. The van der Waals surface area contributed by atoms with Gasteiger partial charge in [0.15, 0.2) is 0 Å². The summed E-state index contributed by atoms with van der Waals surface area (Å²) in [4.78, 5) is 4.03. The van der Waals surface area contributed by atoms with E-state index in [2.05, 4.69) is 30.1 Å². The Balaban J connectivity index is 2.40. The fourth-order valence-electron chi connectivity index (χ4n) is 1.77. The van der Waals surface area contributed by atoms with E-state index in [1.165, 1.54) is 22.3 Å². The van der Waals surface area contributed by atoms with Crippen LogP contribution in [-0.4, -0.2) is 10.9 Å². The number of pyridine rings is 1. The quantitative estimate of drug-likeness (QED) is 0.732. The number of halogens is 1. The summed E-state index contributed by atoms with van der Waals surface area (Å²) in [5.74, 6) is 0.667. The van der Waals surface area contributed by atoms with Gasteiger partial charge in [-0.2, -0.15) is 0 Å². The van der Waals surface area contributed by atoms with E-state index in [9.17, 15) is 0 Å². The second kappa shape index (κ2) is 5.13. The van der Waals surface area contributed by atoms with Crippen molar-refractivity contribution in [2.24, 2.45) is 0 Å². The molecule has 1 heterocycles. The molecular weight excluding hydrogens is 218 g/mol. The van der Waals surface area contributed by atoms with Crippen molar-refractivity contribution in [3.63, 3.8) is 0 Å². The van der Waals surface area contributed by atoms with Crippen LogP contribution < -0.4 is 0 Å². The Kier molecular flexibility index (Phi) is 3.58. The molecule has 0 spiro atoms. The largest absolute Gasteiger partial charge is 0.265 e. The van der Waals surface area contributed by atoms with E-state index in [1.54, 1.807) is 0 Å². The van der Waals surface area contributed by atoms with E-state index < -0.39 is 0 Å². The molecule has 0 N–H and O–H groups in total. The lowest BCUT2D eigenvalue weighted by Gasteiger charge is -2.07. The normalized spacial score (nSPS) is 10.4. The van der Waals surface area contributed by atoms with Crippen molar-refractivity contribution < 1.29 is 0 Å². The van der Waals surface area contributed by atoms with Gasteiger partial charge >= 0.3 is 0 Å². The summed E-state index contributed by atoms with van der Waals surface area (Å²) >= 11 is 5.80. The minimum atomic E-state index is 0.667. The number of nitrogens with zero attached hydrogens (tertiary/aromatic N) is 1. The molecule has 0 atom stereocenters. The van der Waals surface area contributed by atoms with Crippen LogP contribution in [0.5, 0.6) is 0 Å². The molecule has 0 unspecified atom stereocenters.